The second kappa shape index (κ2) is 8.82. The third-order valence-corrected chi connectivity index (χ3v) is 5.74. The summed E-state index contributed by atoms with van der Waals surface area (Å²) in [5.41, 5.74) is 2.99. The fraction of sp³-hybridized carbons (Fsp3) is 0.333. The minimum absolute atomic E-state index is 0.0587. The van der Waals surface area contributed by atoms with E-state index in [1.54, 1.807) is 41.3 Å². The number of methoxy groups -OCH3 is 1. The highest BCUT2D eigenvalue weighted by atomic mass is 16.5. The molecule has 4 amide bonds. The van der Waals surface area contributed by atoms with Gasteiger partial charge in [-0.1, -0.05) is 11.6 Å². The van der Waals surface area contributed by atoms with Crippen LogP contribution in [0.25, 0.3) is 0 Å². The number of carbonyl (C=O) groups is 4. The quantitative estimate of drug-likeness (QED) is 0.674. The van der Waals surface area contributed by atoms with Crippen molar-refractivity contribution < 1.29 is 23.9 Å². The summed E-state index contributed by atoms with van der Waals surface area (Å²) in [4.78, 5) is 52.3. The van der Waals surface area contributed by atoms with Crippen LogP contribution in [0.4, 0.5) is 11.4 Å². The van der Waals surface area contributed by atoms with Crippen molar-refractivity contribution in [2.24, 2.45) is 0 Å². The zero-order valence-corrected chi connectivity index (χ0v) is 18.1. The Kier molecular flexibility index (Phi) is 5.94. The van der Waals surface area contributed by atoms with Gasteiger partial charge < -0.3 is 15.0 Å². The van der Waals surface area contributed by atoms with Gasteiger partial charge in [-0.05, 0) is 44.0 Å². The van der Waals surface area contributed by atoms with Crippen LogP contribution in [0.1, 0.15) is 52.0 Å². The van der Waals surface area contributed by atoms with Crippen molar-refractivity contribution >= 4 is 35.0 Å². The standard InChI is InChI=1S/C24H25N3O5/c1-15-7-9-17-18(13-15)24(31)27(23(17)30)12-3-5-21(28)25-16-8-10-19(20(14-16)32-2)26-11-4-6-22(26)29/h7-10,13-14H,3-6,11-12H2,1-2H3,(H,25,28). The molecule has 0 bridgehead atoms. The summed E-state index contributed by atoms with van der Waals surface area (Å²) >= 11 is 0. The molecule has 0 spiro atoms. The van der Waals surface area contributed by atoms with E-state index in [0.717, 1.165) is 12.0 Å². The monoisotopic (exact) mass is 435 g/mol. The molecule has 1 N–H and O–H groups in total. The topological polar surface area (TPSA) is 96.0 Å². The Balaban J connectivity index is 1.33. The van der Waals surface area contributed by atoms with E-state index in [9.17, 15) is 19.2 Å². The van der Waals surface area contributed by atoms with Crippen LogP contribution in [0.3, 0.4) is 0 Å². The molecule has 2 aromatic carbocycles. The van der Waals surface area contributed by atoms with Gasteiger partial charge in [0.15, 0.2) is 0 Å². The van der Waals surface area contributed by atoms with Crippen molar-refractivity contribution in [2.75, 3.05) is 30.4 Å². The predicted octanol–water partition coefficient (Wildman–Crippen LogP) is 3.15. The first-order valence-corrected chi connectivity index (χ1v) is 10.6. The number of carbonyl (C=O) groups excluding carboxylic acids is 4. The third kappa shape index (κ3) is 4.08. The summed E-state index contributed by atoms with van der Waals surface area (Å²) in [6, 6.07) is 10.4. The highest BCUT2D eigenvalue weighted by molar-refractivity contribution is 6.21. The molecule has 8 heteroatoms. The molecule has 0 aromatic heterocycles. The third-order valence-electron chi connectivity index (χ3n) is 5.74. The first-order chi connectivity index (χ1) is 15.4. The van der Waals surface area contributed by atoms with Crippen LogP contribution in [-0.2, 0) is 9.59 Å². The van der Waals surface area contributed by atoms with Crippen molar-refractivity contribution in [3.05, 3.63) is 53.1 Å². The molecule has 2 aromatic rings. The van der Waals surface area contributed by atoms with Crippen molar-refractivity contribution in [1.82, 2.24) is 4.90 Å². The number of amides is 4. The number of fused-ring (bicyclic) bond motifs is 1. The second-order valence-corrected chi connectivity index (χ2v) is 8.00. The molecule has 4 rings (SSSR count). The Morgan fingerprint density at radius 2 is 1.84 bits per heavy atom. The highest BCUT2D eigenvalue weighted by Gasteiger charge is 2.35. The van der Waals surface area contributed by atoms with Gasteiger partial charge >= 0.3 is 0 Å². The van der Waals surface area contributed by atoms with Gasteiger partial charge in [-0.2, -0.15) is 0 Å². The van der Waals surface area contributed by atoms with E-state index in [0.29, 0.717) is 47.6 Å². The van der Waals surface area contributed by atoms with Crippen molar-refractivity contribution in [2.45, 2.75) is 32.6 Å². The van der Waals surface area contributed by atoms with Crippen molar-refractivity contribution in [1.29, 1.82) is 0 Å². The molecular weight excluding hydrogens is 410 g/mol. The maximum Gasteiger partial charge on any atom is 0.261 e. The van der Waals surface area contributed by atoms with Gasteiger partial charge in [0, 0.05) is 37.7 Å². The number of nitrogens with one attached hydrogen (secondary N) is 1. The largest absolute Gasteiger partial charge is 0.494 e. The van der Waals surface area contributed by atoms with Crippen LogP contribution in [0.15, 0.2) is 36.4 Å². The molecule has 2 aliphatic rings. The SMILES string of the molecule is COc1cc(NC(=O)CCCN2C(=O)c3ccc(C)cc3C2=O)ccc1N1CCCC1=O. The first-order valence-electron chi connectivity index (χ1n) is 10.6. The molecule has 1 saturated heterocycles. The molecule has 1 fully saturated rings. The molecule has 8 nitrogen and oxygen atoms in total. The fourth-order valence-corrected chi connectivity index (χ4v) is 4.11. The molecule has 2 heterocycles. The van der Waals surface area contributed by atoms with Gasteiger partial charge in [0.05, 0.1) is 23.9 Å². The molecule has 0 unspecified atom stereocenters. The molecule has 32 heavy (non-hydrogen) atoms. The van der Waals surface area contributed by atoms with Crippen LogP contribution in [0, 0.1) is 6.92 Å². The number of anilines is 2. The number of ether oxygens (including phenoxy) is 1. The van der Waals surface area contributed by atoms with Crippen LogP contribution >= 0.6 is 0 Å². The van der Waals surface area contributed by atoms with Crippen LogP contribution < -0.4 is 15.0 Å². The Hall–Kier alpha value is -3.68. The summed E-state index contributed by atoms with van der Waals surface area (Å²) in [5.74, 6) is -0.291. The lowest BCUT2D eigenvalue weighted by Crippen LogP contribution is -2.31. The number of benzene rings is 2. The van der Waals surface area contributed by atoms with E-state index in [-0.39, 0.29) is 36.6 Å². The lowest BCUT2D eigenvalue weighted by atomic mass is 10.1. The number of imide groups is 1. The number of aryl methyl sites for hydroxylation is 1. The molecule has 0 atom stereocenters. The van der Waals surface area contributed by atoms with Crippen LogP contribution in [0.2, 0.25) is 0 Å². The summed E-state index contributed by atoms with van der Waals surface area (Å²) in [7, 11) is 1.52. The van der Waals surface area contributed by atoms with Gasteiger partial charge in [0.2, 0.25) is 11.8 Å². The second-order valence-electron chi connectivity index (χ2n) is 8.00. The molecule has 0 aliphatic carbocycles. The number of rotatable bonds is 7. The lowest BCUT2D eigenvalue weighted by Gasteiger charge is -2.19. The van der Waals surface area contributed by atoms with E-state index in [2.05, 4.69) is 5.32 Å². The first kappa shape index (κ1) is 21.5. The molecular formula is C24H25N3O5. The number of hydrogen-bond acceptors (Lipinski definition) is 5. The average Bonchev–Trinajstić information content (AvgIpc) is 3.30. The smallest absolute Gasteiger partial charge is 0.261 e. The van der Waals surface area contributed by atoms with Gasteiger partial charge in [-0.3, -0.25) is 24.1 Å². The Morgan fingerprint density at radius 1 is 1.06 bits per heavy atom. The summed E-state index contributed by atoms with van der Waals surface area (Å²) in [5, 5.41) is 2.81. The maximum atomic E-state index is 12.5. The molecule has 2 aliphatic heterocycles. The number of hydrogen-bond donors (Lipinski definition) is 1. The normalized spacial score (nSPS) is 15.4. The van der Waals surface area contributed by atoms with Crippen molar-refractivity contribution in [3.8, 4) is 5.75 Å². The van der Waals surface area contributed by atoms with Gasteiger partial charge in [0.1, 0.15) is 5.75 Å². The van der Waals surface area contributed by atoms with Crippen LogP contribution in [0.5, 0.6) is 5.75 Å². The number of nitrogens with zero attached hydrogens (tertiary/aromatic N) is 2. The minimum atomic E-state index is -0.317. The average molecular weight is 435 g/mol. The summed E-state index contributed by atoms with van der Waals surface area (Å²) in [6.45, 7) is 2.70. The van der Waals surface area contributed by atoms with Crippen LogP contribution in [-0.4, -0.2) is 48.7 Å². The summed E-state index contributed by atoms with van der Waals surface area (Å²) in [6.07, 6.45) is 1.84. The predicted molar refractivity (Wildman–Crippen MR) is 119 cm³/mol. The molecule has 0 radical (unpaired) electrons. The lowest BCUT2D eigenvalue weighted by molar-refractivity contribution is -0.117. The Labute approximate surface area is 186 Å². The Bertz CT molecular complexity index is 1110. The van der Waals surface area contributed by atoms with E-state index in [1.807, 2.05) is 6.92 Å². The van der Waals surface area contributed by atoms with Gasteiger partial charge in [-0.25, -0.2) is 0 Å². The molecule has 166 valence electrons. The fourth-order valence-electron chi connectivity index (χ4n) is 4.11. The Morgan fingerprint density at radius 3 is 2.56 bits per heavy atom. The summed E-state index contributed by atoms with van der Waals surface area (Å²) < 4.78 is 5.41. The van der Waals surface area contributed by atoms with E-state index in [1.165, 1.54) is 12.0 Å². The van der Waals surface area contributed by atoms with Gasteiger partial charge in [0.25, 0.3) is 11.8 Å². The van der Waals surface area contributed by atoms with E-state index in [4.69, 9.17) is 4.74 Å². The van der Waals surface area contributed by atoms with E-state index >= 15 is 0 Å². The highest BCUT2D eigenvalue weighted by Crippen LogP contribution is 2.34. The zero-order chi connectivity index (χ0) is 22.8. The maximum absolute atomic E-state index is 12.5. The van der Waals surface area contributed by atoms with E-state index < -0.39 is 0 Å². The molecule has 0 saturated carbocycles. The van der Waals surface area contributed by atoms with Crippen molar-refractivity contribution in [3.63, 3.8) is 0 Å². The minimum Gasteiger partial charge on any atom is -0.494 e. The van der Waals surface area contributed by atoms with Gasteiger partial charge in [-0.15, -0.1) is 0 Å². The zero-order valence-electron chi connectivity index (χ0n) is 18.1.